The van der Waals surface area contributed by atoms with Crippen molar-refractivity contribution in [3.63, 3.8) is 0 Å². The Labute approximate surface area is 220 Å². The van der Waals surface area contributed by atoms with Gasteiger partial charge in [0, 0.05) is 18.1 Å². The van der Waals surface area contributed by atoms with Crippen LogP contribution in [0.3, 0.4) is 0 Å². The summed E-state index contributed by atoms with van der Waals surface area (Å²) < 4.78 is 5.54. The lowest BCUT2D eigenvalue weighted by Crippen LogP contribution is -2.42. The molecule has 1 atom stereocenters. The van der Waals surface area contributed by atoms with Crippen molar-refractivity contribution in [3.05, 3.63) is 82.9 Å². The quantitative estimate of drug-likeness (QED) is 0.439. The smallest absolute Gasteiger partial charge is 0.308 e. The number of hydrogen-bond acceptors (Lipinski definition) is 5. The van der Waals surface area contributed by atoms with Crippen molar-refractivity contribution in [1.29, 1.82) is 0 Å². The molecule has 3 aromatic carbocycles. The molecule has 2 amide bonds. The van der Waals surface area contributed by atoms with Crippen LogP contribution < -0.4 is 15.4 Å². The Morgan fingerprint density at radius 1 is 1.05 bits per heavy atom. The van der Waals surface area contributed by atoms with Crippen LogP contribution in [0, 0.1) is 5.92 Å². The molecule has 0 radical (unpaired) electrons. The summed E-state index contributed by atoms with van der Waals surface area (Å²) in [4.78, 5) is 41.4. The summed E-state index contributed by atoms with van der Waals surface area (Å²) in [5.41, 5.74) is 8.79. The molecule has 0 spiro atoms. The number of amides is 2. The van der Waals surface area contributed by atoms with E-state index in [0.29, 0.717) is 35.2 Å². The molecule has 1 heterocycles. The molecule has 4 rings (SSSR count). The van der Waals surface area contributed by atoms with Crippen molar-refractivity contribution in [2.24, 2.45) is 11.7 Å². The normalized spacial score (nSPS) is 14.2. The summed E-state index contributed by atoms with van der Waals surface area (Å²) in [6.07, 6.45) is 0. The maximum atomic E-state index is 13.6. The molecule has 0 saturated carbocycles. The predicted molar refractivity (Wildman–Crippen MR) is 142 cm³/mol. The summed E-state index contributed by atoms with van der Waals surface area (Å²) in [6.45, 7) is 2.28. The molecule has 0 saturated heterocycles. The SMILES string of the molecule is CC(CN1CC(=O)N(Cc2ccc(Cl)cc2)c2ccc(-c3ccc(OCCN)cc3)cc2C1=O)C(=O)O. The number of carboxylic acid groups (broad SMARTS) is 1. The molecular weight excluding hydrogens is 494 g/mol. The summed E-state index contributed by atoms with van der Waals surface area (Å²) in [5.74, 6) is -1.86. The zero-order chi connectivity index (χ0) is 26.5. The van der Waals surface area contributed by atoms with Crippen LogP contribution in [0.4, 0.5) is 5.69 Å². The first-order chi connectivity index (χ1) is 17.8. The van der Waals surface area contributed by atoms with Gasteiger partial charge in [0.2, 0.25) is 5.91 Å². The Kier molecular flexibility index (Phi) is 8.11. The third-order valence-electron chi connectivity index (χ3n) is 6.18. The van der Waals surface area contributed by atoms with Gasteiger partial charge in [-0.3, -0.25) is 14.4 Å². The number of ether oxygens (including phenoxy) is 1. The second-order valence-electron chi connectivity index (χ2n) is 8.92. The molecule has 9 heteroatoms. The Morgan fingerprint density at radius 3 is 2.38 bits per heavy atom. The molecule has 0 fully saturated rings. The van der Waals surface area contributed by atoms with Gasteiger partial charge in [-0.05, 0) is 53.1 Å². The highest BCUT2D eigenvalue weighted by atomic mass is 35.5. The van der Waals surface area contributed by atoms with Crippen LogP contribution in [0.15, 0.2) is 66.7 Å². The first-order valence-electron chi connectivity index (χ1n) is 11.9. The van der Waals surface area contributed by atoms with Crippen LogP contribution >= 0.6 is 11.6 Å². The number of carboxylic acids is 1. The van der Waals surface area contributed by atoms with Crippen molar-refractivity contribution < 1.29 is 24.2 Å². The van der Waals surface area contributed by atoms with Crippen LogP contribution in [0.2, 0.25) is 5.02 Å². The number of hydrogen-bond donors (Lipinski definition) is 2. The van der Waals surface area contributed by atoms with E-state index in [1.54, 1.807) is 29.2 Å². The standard InChI is InChI=1S/C28H28ClN3O5/c1-18(28(35)36)15-31-17-26(33)32(16-19-2-7-22(29)8-3-19)25-11-6-21(14-24(25)27(31)34)20-4-9-23(10-5-20)37-13-12-30/h2-11,14,18H,12-13,15-17,30H2,1H3,(H,35,36). The highest BCUT2D eigenvalue weighted by Gasteiger charge is 2.33. The third-order valence-corrected chi connectivity index (χ3v) is 6.43. The Balaban J connectivity index is 1.73. The van der Waals surface area contributed by atoms with E-state index in [-0.39, 0.29) is 31.4 Å². The summed E-state index contributed by atoms with van der Waals surface area (Å²) in [7, 11) is 0. The molecule has 1 unspecified atom stereocenters. The number of rotatable bonds is 9. The minimum atomic E-state index is -1.03. The van der Waals surface area contributed by atoms with Gasteiger partial charge in [0.15, 0.2) is 0 Å². The molecule has 0 aliphatic carbocycles. The number of aliphatic carboxylic acids is 1. The second-order valence-corrected chi connectivity index (χ2v) is 9.36. The molecule has 192 valence electrons. The van der Waals surface area contributed by atoms with E-state index in [0.717, 1.165) is 16.7 Å². The molecule has 1 aliphatic heterocycles. The molecule has 0 bridgehead atoms. The van der Waals surface area contributed by atoms with E-state index in [9.17, 15) is 19.5 Å². The van der Waals surface area contributed by atoms with Crippen molar-refractivity contribution in [3.8, 4) is 16.9 Å². The van der Waals surface area contributed by atoms with Gasteiger partial charge >= 0.3 is 5.97 Å². The van der Waals surface area contributed by atoms with Crippen molar-refractivity contribution >= 4 is 35.1 Å². The first-order valence-corrected chi connectivity index (χ1v) is 12.3. The predicted octanol–water partition coefficient (Wildman–Crippen LogP) is 4.05. The number of carbonyl (C=O) groups is 3. The van der Waals surface area contributed by atoms with Crippen LogP contribution in [0.25, 0.3) is 11.1 Å². The largest absolute Gasteiger partial charge is 0.492 e. The van der Waals surface area contributed by atoms with E-state index in [2.05, 4.69) is 0 Å². The van der Waals surface area contributed by atoms with Gasteiger partial charge in [0.25, 0.3) is 5.91 Å². The number of nitrogens with zero attached hydrogens (tertiary/aromatic N) is 2. The molecule has 1 aliphatic rings. The van der Waals surface area contributed by atoms with Crippen LogP contribution in [-0.2, 0) is 16.1 Å². The van der Waals surface area contributed by atoms with Crippen LogP contribution in [0.5, 0.6) is 5.75 Å². The number of anilines is 1. The maximum absolute atomic E-state index is 13.6. The molecule has 3 N–H and O–H groups in total. The molecule has 8 nitrogen and oxygen atoms in total. The number of nitrogens with two attached hydrogens (primary N) is 1. The number of benzene rings is 3. The van der Waals surface area contributed by atoms with Crippen molar-refractivity contribution in [2.75, 3.05) is 31.1 Å². The third kappa shape index (κ3) is 6.10. The van der Waals surface area contributed by atoms with E-state index in [4.69, 9.17) is 22.1 Å². The van der Waals surface area contributed by atoms with E-state index >= 15 is 0 Å². The van der Waals surface area contributed by atoms with Crippen LogP contribution in [-0.4, -0.2) is 54.0 Å². The lowest BCUT2D eigenvalue weighted by Gasteiger charge is -2.23. The van der Waals surface area contributed by atoms with Gasteiger partial charge < -0.3 is 25.4 Å². The number of fused-ring (bicyclic) bond motifs is 1. The van der Waals surface area contributed by atoms with E-state index in [1.807, 2.05) is 42.5 Å². The lowest BCUT2D eigenvalue weighted by molar-refractivity contribution is -0.141. The number of halogens is 1. The fourth-order valence-corrected chi connectivity index (χ4v) is 4.30. The lowest BCUT2D eigenvalue weighted by atomic mass is 10.00. The molecule has 0 aromatic heterocycles. The van der Waals surface area contributed by atoms with Crippen molar-refractivity contribution in [1.82, 2.24) is 4.90 Å². The van der Waals surface area contributed by atoms with Crippen molar-refractivity contribution in [2.45, 2.75) is 13.5 Å². The average molecular weight is 522 g/mol. The minimum absolute atomic E-state index is 0.0778. The summed E-state index contributed by atoms with van der Waals surface area (Å²) in [6, 6.07) is 19.9. The zero-order valence-electron chi connectivity index (χ0n) is 20.4. The highest BCUT2D eigenvalue weighted by molar-refractivity contribution is 6.30. The van der Waals surface area contributed by atoms with Gasteiger partial charge in [-0.15, -0.1) is 0 Å². The average Bonchev–Trinajstić information content (AvgIpc) is 2.99. The number of carbonyl (C=O) groups excluding carboxylic acids is 2. The van der Waals surface area contributed by atoms with Crippen LogP contribution in [0.1, 0.15) is 22.8 Å². The van der Waals surface area contributed by atoms with Gasteiger partial charge in [0.1, 0.15) is 18.9 Å². The fraction of sp³-hybridized carbons (Fsp3) is 0.250. The molecular formula is C28H28ClN3O5. The Morgan fingerprint density at radius 2 is 1.73 bits per heavy atom. The maximum Gasteiger partial charge on any atom is 0.308 e. The fourth-order valence-electron chi connectivity index (χ4n) is 4.17. The summed E-state index contributed by atoms with van der Waals surface area (Å²) >= 11 is 6.02. The first kappa shape index (κ1) is 26.2. The van der Waals surface area contributed by atoms with E-state index < -0.39 is 11.9 Å². The minimum Gasteiger partial charge on any atom is -0.492 e. The second kappa shape index (κ2) is 11.5. The monoisotopic (exact) mass is 521 g/mol. The summed E-state index contributed by atoms with van der Waals surface area (Å²) in [5, 5.41) is 9.99. The topological polar surface area (TPSA) is 113 Å². The molecule has 3 aromatic rings. The molecule has 37 heavy (non-hydrogen) atoms. The van der Waals surface area contributed by atoms with Gasteiger partial charge in [-0.2, -0.15) is 0 Å². The van der Waals surface area contributed by atoms with Gasteiger partial charge in [0.05, 0.1) is 23.7 Å². The Bertz CT molecular complexity index is 1290. The highest BCUT2D eigenvalue weighted by Crippen LogP contribution is 2.33. The zero-order valence-corrected chi connectivity index (χ0v) is 21.1. The Hall–Kier alpha value is -3.88. The van der Waals surface area contributed by atoms with E-state index in [1.165, 1.54) is 11.8 Å². The van der Waals surface area contributed by atoms with Gasteiger partial charge in [-0.1, -0.05) is 48.9 Å². The van der Waals surface area contributed by atoms with Gasteiger partial charge in [-0.25, -0.2) is 0 Å².